The summed E-state index contributed by atoms with van der Waals surface area (Å²) in [5.41, 5.74) is 0.0519. The molecule has 0 spiro atoms. The molecule has 0 aromatic heterocycles. The Hall–Kier alpha value is -1.37. The Balaban J connectivity index is 2.90. The summed E-state index contributed by atoms with van der Waals surface area (Å²) < 4.78 is 68.6. The first-order chi connectivity index (χ1) is 9.79. The van der Waals surface area contributed by atoms with Gasteiger partial charge < -0.3 is 10.1 Å². The van der Waals surface area contributed by atoms with Crippen LogP contribution in [0.4, 0.5) is 22.0 Å². The highest BCUT2D eigenvalue weighted by Gasteiger charge is 2.42. The molecule has 0 fully saturated rings. The third kappa shape index (κ3) is 4.84. The number of rotatable bonds is 8. The molecular weight excluding hydrogens is 293 g/mol. The molecular formula is C14H18F5NO. The average molecular weight is 311 g/mol. The fourth-order valence-electron chi connectivity index (χ4n) is 1.76. The van der Waals surface area contributed by atoms with Crippen molar-refractivity contribution in [2.24, 2.45) is 0 Å². The smallest absolute Gasteiger partial charge is 0.340 e. The number of ether oxygens (including phenoxy) is 1. The molecule has 0 aliphatic carbocycles. The lowest BCUT2D eigenvalue weighted by Gasteiger charge is -2.21. The second-order valence-electron chi connectivity index (χ2n) is 4.68. The van der Waals surface area contributed by atoms with Gasteiger partial charge in [-0.05, 0) is 32.0 Å². The van der Waals surface area contributed by atoms with Gasteiger partial charge in [-0.25, -0.2) is 13.2 Å². The maximum absolute atomic E-state index is 13.9. The molecule has 0 aliphatic rings. The molecule has 7 heteroatoms. The number of halogens is 5. The van der Waals surface area contributed by atoms with Crippen molar-refractivity contribution in [3.05, 3.63) is 29.6 Å². The van der Waals surface area contributed by atoms with Crippen LogP contribution in [-0.4, -0.2) is 25.5 Å². The second kappa shape index (κ2) is 7.59. The summed E-state index contributed by atoms with van der Waals surface area (Å²) in [4.78, 5) is 0. The summed E-state index contributed by atoms with van der Waals surface area (Å²) >= 11 is 0. The van der Waals surface area contributed by atoms with E-state index in [1.165, 1.54) is 12.1 Å². The van der Waals surface area contributed by atoms with Crippen molar-refractivity contribution < 1.29 is 26.7 Å². The van der Waals surface area contributed by atoms with Gasteiger partial charge in [0.1, 0.15) is 11.6 Å². The minimum atomic E-state index is -4.27. The predicted molar refractivity (Wildman–Crippen MR) is 69.6 cm³/mol. The van der Waals surface area contributed by atoms with Crippen LogP contribution in [0.15, 0.2) is 18.2 Å². The Labute approximate surface area is 120 Å². The van der Waals surface area contributed by atoms with E-state index in [2.05, 4.69) is 5.32 Å². The summed E-state index contributed by atoms with van der Waals surface area (Å²) in [6, 6.07) is 3.24. The van der Waals surface area contributed by atoms with Crippen molar-refractivity contribution in [3.8, 4) is 5.75 Å². The fourth-order valence-corrected chi connectivity index (χ4v) is 1.76. The Kier molecular flexibility index (Phi) is 6.39. The lowest BCUT2D eigenvalue weighted by Crippen LogP contribution is -2.34. The van der Waals surface area contributed by atoms with Gasteiger partial charge in [0, 0.05) is 11.6 Å². The molecule has 1 aromatic rings. The van der Waals surface area contributed by atoms with Crippen molar-refractivity contribution in [2.75, 3.05) is 13.2 Å². The fraction of sp³-hybridized carbons (Fsp3) is 0.571. The third-order valence-corrected chi connectivity index (χ3v) is 2.89. The van der Waals surface area contributed by atoms with Crippen LogP contribution in [0.1, 0.15) is 31.9 Å². The second-order valence-corrected chi connectivity index (χ2v) is 4.68. The van der Waals surface area contributed by atoms with E-state index < -0.39 is 30.8 Å². The lowest BCUT2D eigenvalue weighted by atomic mass is 10.1. The van der Waals surface area contributed by atoms with E-state index in [0.717, 1.165) is 12.5 Å². The molecule has 1 unspecified atom stereocenters. The molecule has 0 bridgehead atoms. The Morgan fingerprint density at radius 2 is 1.95 bits per heavy atom. The van der Waals surface area contributed by atoms with Crippen LogP contribution in [0.25, 0.3) is 0 Å². The summed E-state index contributed by atoms with van der Waals surface area (Å²) in [6.45, 7) is 2.66. The van der Waals surface area contributed by atoms with Gasteiger partial charge in [0.05, 0.1) is 0 Å². The molecule has 0 amide bonds. The molecule has 0 aliphatic heterocycles. The zero-order chi connectivity index (χ0) is 16.0. The zero-order valence-electron chi connectivity index (χ0n) is 11.8. The zero-order valence-corrected chi connectivity index (χ0v) is 11.8. The van der Waals surface area contributed by atoms with Gasteiger partial charge in [0.15, 0.2) is 6.61 Å². The standard InChI is InChI=1S/C14H18F5NO/c1-3-7-20-9(2)12-10(15)5-4-6-11(12)21-8-14(18,19)13(16)17/h4-6,9,13,20H,3,7-8H2,1-2H3. The maximum Gasteiger partial charge on any atom is 0.340 e. The first kappa shape index (κ1) is 17.7. The van der Waals surface area contributed by atoms with E-state index in [1.807, 2.05) is 6.92 Å². The van der Waals surface area contributed by atoms with Gasteiger partial charge in [-0.15, -0.1) is 0 Å². The number of benzene rings is 1. The first-order valence-electron chi connectivity index (χ1n) is 6.60. The van der Waals surface area contributed by atoms with E-state index in [9.17, 15) is 22.0 Å². The van der Waals surface area contributed by atoms with E-state index in [0.29, 0.717) is 6.54 Å². The molecule has 1 aromatic carbocycles. The number of nitrogens with one attached hydrogen (secondary N) is 1. The summed E-state index contributed by atoms with van der Waals surface area (Å²) in [5, 5.41) is 2.99. The topological polar surface area (TPSA) is 21.3 Å². The van der Waals surface area contributed by atoms with Gasteiger partial charge in [-0.1, -0.05) is 13.0 Å². The van der Waals surface area contributed by atoms with E-state index in [1.54, 1.807) is 6.92 Å². The maximum atomic E-state index is 13.9. The summed E-state index contributed by atoms with van der Waals surface area (Å²) in [5.74, 6) is -5.07. The van der Waals surface area contributed by atoms with Crippen LogP contribution < -0.4 is 10.1 Å². The van der Waals surface area contributed by atoms with Crippen LogP contribution in [0.2, 0.25) is 0 Å². The van der Waals surface area contributed by atoms with E-state index in [4.69, 9.17) is 4.74 Å². The summed E-state index contributed by atoms with van der Waals surface area (Å²) in [7, 11) is 0. The Morgan fingerprint density at radius 1 is 1.29 bits per heavy atom. The molecule has 0 heterocycles. The van der Waals surface area contributed by atoms with Crippen molar-refractivity contribution in [1.29, 1.82) is 0 Å². The summed E-state index contributed by atoms with van der Waals surface area (Å²) in [6.07, 6.45) is -3.02. The highest BCUT2D eigenvalue weighted by atomic mass is 19.3. The molecule has 21 heavy (non-hydrogen) atoms. The van der Waals surface area contributed by atoms with Gasteiger partial charge in [-0.2, -0.15) is 8.78 Å². The normalized spacial score (nSPS) is 13.5. The van der Waals surface area contributed by atoms with Crippen LogP contribution >= 0.6 is 0 Å². The minimum Gasteiger partial charge on any atom is -0.487 e. The van der Waals surface area contributed by atoms with Crippen molar-refractivity contribution in [1.82, 2.24) is 5.32 Å². The SMILES string of the molecule is CCCNC(C)c1c(F)cccc1OCC(F)(F)C(F)F. The molecule has 0 saturated heterocycles. The minimum absolute atomic E-state index is 0.0519. The predicted octanol–water partition coefficient (Wildman–Crippen LogP) is 4.17. The van der Waals surface area contributed by atoms with Gasteiger partial charge in [-0.3, -0.25) is 0 Å². The number of hydrogen-bond acceptors (Lipinski definition) is 2. The molecule has 1 rings (SSSR count). The van der Waals surface area contributed by atoms with E-state index in [-0.39, 0.29) is 11.3 Å². The van der Waals surface area contributed by atoms with Crippen LogP contribution in [0, 0.1) is 5.82 Å². The number of hydrogen-bond donors (Lipinski definition) is 1. The highest BCUT2D eigenvalue weighted by Crippen LogP contribution is 2.30. The van der Waals surface area contributed by atoms with Crippen molar-refractivity contribution >= 4 is 0 Å². The van der Waals surface area contributed by atoms with Crippen LogP contribution in [0.3, 0.4) is 0 Å². The average Bonchev–Trinajstić information content (AvgIpc) is 2.42. The van der Waals surface area contributed by atoms with Crippen molar-refractivity contribution in [2.45, 2.75) is 38.7 Å². The van der Waals surface area contributed by atoms with Gasteiger partial charge in [0.25, 0.3) is 0 Å². The van der Waals surface area contributed by atoms with Gasteiger partial charge >= 0.3 is 12.3 Å². The Bertz CT molecular complexity index is 453. The Morgan fingerprint density at radius 3 is 2.52 bits per heavy atom. The lowest BCUT2D eigenvalue weighted by molar-refractivity contribution is -0.148. The van der Waals surface area contributed by atoms with E-state index >= 15 is 0 Å². The molecule has 0 saturated carbocycles. The molecule has 120 valence electrons. The van der Waals surface area contributed by atoms with Crippen molar-refractivity contribution in [3.63, 3.8) is 0 Å². The molecule has 2 nitrogen and oxygen atoms in total. The third-order valence-electron chi connectivity index (χ3n) is 2.89. The number of alkyl halides is 4. The monoisotopic (exact) mass is 311 g/mol. The highest BCUT2D eigenvalue weighted by molar-refractivity contribution is 5.37. The first-order valence-corrected chi connectivity index (χ1v) is 6.60. The largest absolute Gasteiger partial charge is 0.487 e. The van der Waals surface area contributed by atoms with Crippen LogP contribution in [-0.2, 0) is 0 Å². The molecule has 1 N–H and O–H groups in total. The molecule has 1 atom stereocenters. The quantitative estimate of drug-likeness (QED) is 0.728. The molecule has 0 radical (unpaired) electrons. The van der Waals surface area contributed by atoms with Gasteiger partial charge in [0.2, 0.25) is 0 Å². The van der Waals surface area contributed by atoms with Crippen LogP contribution in [0.5, 0.6) is 5.75 Å².